The third kappa shape index (κ3) is 4.13. The second-order valence-electron chi connectivity index (χ2n) is 5.18. The first kappa shape index (κ1) is 16.6. The largest absolute Gasteiger partial charge is 0.497 e. The van der Waals surface area contributed by atoms with Gasteiger partial charge in [-0.1, -0.05) is 12.1 Å². The van der Waals surface area contributed by atoms with E-state index in [1.807, 2.05) is 43.3 Å². The van der Waals surface area contributed by atoms with Crippen LogP contribution in [0.15, 0.2) is 48.5 Å². The summed E-state index contributed by atoms with van der Waals surface area (Å²) in [7, 11) is 4.95. The molecule has 2 aromatic rings. The number of anilines is 1. The number of aryl methyl sites for hydroxylation is 1. The first-order valence-corrected chi connectivity index (χ1v) is 7.29. The summed E-state index contributed by atoms with van der Waals surface area (Å²) in [6.07, 6.45) is 3.28. The molecule has 23 heavy (non-hydrogen) atoms. The van der Waals surface area contributed by atoms with Crippen LogP contribution in [-0.2, 0) is 4.79 Å². The molecule has 2 rings (SSSR count). The van der Waals surface area contributed by atoms with Gasteiger partial charge in [0, 0.05) is 30.4 Å². The van der Waals surface area contributed by atoms with Crippen LogP contribution in [0.4, 0.5) is 5.69 Å². The van der Waals surface area contributed by atoms with E-state index in [4.69, 9.17) is 9.47 Å². The van der Waals surface area contributed by atoms with Crippen LogP contribution in [0.3, 0.4) is 0 Å². The molecule has 0 aliphatic carbocycles. The molecule has 120 valence electrons. The number of methoxy groups -OCH3 is 2. The van der Waals surface area contributed by atoms with Gasteiger partial charge < -0.3 is 14.4 Å². The van der Waals surface area contributed by atoms with Gasteiger partial charge in [-0.15, -0.1) is 0 Å². The lowest BCUT2D eigenvalue weighted by Gasteiger charge is -2.15. The average molecular weight is 311 g/mol. The molecule has 0 spiro atoms. The standard InChI is InChI=1S/C19H21NO3/c1-14-6-5-7-16(12-14)20(2)19(21)11-9-15-8-10-17(22-3)13-18(15)23-4/h5-13H,1-4H3/b11-9+. The Morgan fingerprint density at radius 1 is 1.09 bits per heavy atom. The highest BCUT2D eigenvalue weighted by molar-refractivity contribution is 6.03. The molecule has 0 aromatic heterocycles. The third-order valence-corrected chi connectivity index (χ3v) is 3.57. The van der Waals surface area contributed by atoms with Crippen LogP contribution in [0.25, 0.3) is 6.08 Å². The maximum absolute atomic E-state index is 12.3. The summed E-state index contributed by atoms with van der Waals surface area (Å²) >= 11 is 0. The van der Waals surface area contributed by atoms with Crippen molar-refractivity contribution in [1.29, 1.82) is 0 Å². The highest BCUT2D eigenvalue weighted by atomic mass is 16.5. The molecule has 0 heterocycles. The second-order valence-corrected chi connectivity index (χ2v) is 5.18. The number of benzene rings is 2. The van der Waals surface area contributed by atoms with Crippen LogP contribution in [-0.4, -0.2) is 27.2 Å². The highest BCUT2D eigenvalue weighted by Gasteiger charge is 2.08. The lowest BCUT2D eigenvalue weighted by atomic mass is 10.1. The van der Waals surface area contributed by atoms with E-state index in [9.17, 15) is 4.79 Å². The summed E-state index contributed by atoms with van der Waals surface area (Å²) in [5.41, 5.74) is 2.79. The summed E-state index contributed by atoms with van der Waals surface area (Å²) in [6, 6.07) is 13.3. The lowest BCUT2D eigenvalue weighted by molar-refractivity contribution is -0.113. The molecule has 2 aromatic carbocycles. The monoisotopic (exact) mass is 311 g/mol. The van der Waals surface area contributed by atoms with Gasteiger partial charge in [0.25, 0.3) is 5.91 Å². The second kappa shape index (κ2) is 7.49. The number of ether oxygens (including phenoxy) is 2. The van der Waals surface area contributed by atoms with Crippen LogP contribution in [0.1, 0.15) is 11.1 Å². The molecule has 0 unspecified atom stereocenters. The Labute approximate surface area is 137 Å². The summed E-state index contributed by atoms with van der Waals surface area (Å²) < 4.78 is 10.5. The van der Waals surface area contributed by atoms with Crippen LogP contribution in [0.5, 0.6) is 11.5 Å². The SMILES string of the molecule is COc1ccc(/C=C/C(=O)N(C)c2cccc(C)c2)c(OC)c1. The molecule has 0 atom stereocenters. The van der Waals surface area contributed by atoms with Crippen molar-refractivity contribution in [3.63, 3.8) is 0 Å². The minimum absolute atomic E-state index is 0.103. The van der Waals surface area contributed by atoms with E-state index in [1.165, 1.54) is 6.08 Å². The van der Waals surface area contributed by atoms with Crippen LogP contribution in [0, 0.1) is 6.92 Å². The Balaban J connectivity index is 2.17. The Hall–Kier alpha value is -2.75. The summed E-state index contributed by atoms with van der Waals surface area (Å²) in [5.74, 6) is 1.27. The minimum Gasteiger partial charge on any atom is -0.497 e. The molecule has 0 saturated carbocycles. The fraction of sp³-hybridized carbons (Fsp3) is 0.211. The Morgan fingerprint density at radius 3 is 2.52 bits per heavy atom. The number of hydrogen-bond donors (Lipinski definition) is 0. The number of carbonyl (C=O) groups excluding carboxylic acids is 1. The van der Waals surface area contributed by atoms with Crippen molar-refractivity contribution in [2.24, 2.45) is 0 Å². The summed E-state index contributed by atoms with van der Waals surface area (Å²) in [5, 5.41) is 0. The van der Waals surface area contributed by atoms with Crippen LogP contribution in [0.2, 0.25) is 0 Å². The zero-order valence-electron chi connectivity index (χ0n) is 13.9. The average Bonchev–Trinajstić information content (AvgIpc) is 2.58. The molecule has 1 amide bonds. The Morgan fingerprint density at radius 2 is 1.87 bits per heavy atom. The fourth-order valence-corrected chi connectivity index (χ4v) is 2.19. The van der Waals surface area contributed by atoms with E-state index < -0.39 is 0 Å². The normalized spacial score (nSPS) is 10.6. The number of likely N-dealkylation sites (N-methyl/N-ethyl adjacent to an activating group) is 1. The quantitative estimate of drug-likeness (QED) is 0.791. The number of amides is 1. The molecule has 0 bridgehead atoms. The van der Waals surface area contributed by atoms with E-state index in [-0.39, 0.29) is 5.91 Å². The van der Waals surface area contributed by atoms with Gasteiger partial charge in [-0.05, 0) is 42.8 Å². The van der Waals surface area contributed by atoms with Crippen molar-refractivity contribution < 1.29 is 14.3 Å². The third-order valence-electron chi connectivity index (χ3n) is 3.57. The Kier molecular flexibility index (Phi) is 5.41. The molecule has 0 aliphatic heterocycles. The molecule has 0 N–H and O–H groups in total. The van der Waals surface area contributed by atoms with E-state index in [2.05, 4.69) is 0 Å². The minimum atomic E-state index is -0.103. The number of nitrogens with zero attached hydrogens (tertiary/aromatic N) is 1. The molecule has 0 saturated heterocycles. The van der Waals surface area contributed by atoms with Gasteiger partial charge in [-0.25, -0.2) is 0 Å². The fourth-order valence-electron chi connectivity index (χ4n) is 2.19. The predicted octanol–water partition coefficient (Wildman–Crippen LogP) is 3.69. The van der Waals surface area contributed by atoms with Crippen molar-refractivity contribution in [3.05, 3.63) is 59.7 Å². The van der Waals surface area contributed by atoms with Gasteiger partial charge in [0.05, 0.1) is 14.2 Å². The topological polar surface area (TPSA) is 38.8 Å². The van der Waals surface area contributed by atoms with Crippen LogP contribution >= 0.6 is 0 Å². The molecule has 4 nitrogen and oxygen atoms in total. The Bertz CT molecular complexity index is 722. The van der Waals surface area contributed by atoms with E-state index >= 15 is 0 Å². The number of hydrogen-bond acceptors (Lipinski definition) is 3. The van der Waals surface area contributed by atoms with E-state index in [0.29, 0.717) is 11.5 Å². The molecular formula is C19H21NO3. The smallest absolute Gasteiger partial charge is 0.250 e. The predicted molar refractivity (Wildman–Crippen MR) is 93.2 cm³/mol. The highest BCUT2D eigenvalue weighted by Crippen LogP contribution is 2.25. The molecule has 0 radical (unpaired) electrons. The maximum atomic E-state index is 12.3. The number of rotatable bonds is 5. The van der Waals surface area contributed by atoms with Crippen molar-refractivity contribution in [1.82, 2.24) is 0 Å². The van der Waals surface area contributed by atoms with Crippen molar-refractivity contribution >= 4 is 17.7 Å². The summed E-state index contributed by atoms with van der Waals surface area (Å²) in [4.78, 5) is 13.9. The van der Waals surface area contributed by atoms with Gasteiger partial charge in [-0.3, -0.25) is 4.79 Å². The first-order chi connectivity index (χ1) is 11.0. The van der Waals surface area contributed by atoms with Crippen molar-refractivity contribution in [2.75, 3.05) is 26.2 Å². The first-order valence-electron chi connectivity index (χ1n) is 7.29. The van der Waals surface area contributed by atoms with Gasteiger partial charge in [-0.2, -0.15) is 0 Å². The zero-order valence-corrected chi connectivity index (χ0v) is 13.9. The lowest BCUT2D eigenvalue weighted by Crippen LogP contribution is -2.23. The van der Waals surface area contributed by atoms with Crippen LogP contribution < -0.4 is 14.4 Å². The maximum Gasteiger partial charge on any atom is 0.250 e. The molecule has 0 aliphatic rings. The van der Waals surface area contributed by atoms with E-state index in [1.54, 1.807) is 38.3 Å². The molecule has 0 fully saturated rings. The zero-order chi connectivity index (χ0) is 16.8. The summed E-state index contributed by atoms with van der Waals surface area (Å²) in [6.45, 7) is 2.00. The van der Waals surface area contributed by atoms with Crippen molar-refractivity contribution in [3.8, 4) is 11.5 Å². The van der Waals surface area contributed by atoms with Gasteiger partial charge in [0.15, 0.2) is 0 Å². The van der Waals surface area contributed by atoms with E-state index in [0.717, 1.165) is 16.8 Å². The molecule has 4 heteroatoms. The van der Waals surface area contributed by atoms with Crippen molar-refractivity contribution in [2.45, 2.75) is 6.92 Å². The van der Waals surface area contributed by atoms with Gasteiger partial charge >= 0.3 is 0 Å². The van der Waals surface area contributed by atoms with Gasteiger partial charge in [0.1, 0.15) is 11.5 Å². The van der Waals surface area contributed by atoms with Gasteiger partial charge in [0.2, 0.25) is 0 Å². The molecular weight excluding hydrogens is 290 g/mol. The number of carbonyl (C=O) groups is 1.